The van der Waals surface area contributed by atoms with Gasteiger partial charge in [-0.25, -0.2) is 4.79 Å². The third-order valence-electron chi connectivity index (χ3n) is 2.18. The van der Waals surface area contributed by atoms with Gasteiger partial charge in [-0.3, -0.25) is 0 Å². The molecule has 0 heterocycles. The molecular weight excluding hydrogens is 265 g/mol. The van der Waals surface area contributed by atoms with E-state index >= 15 is 0 Å². The third kappa shape index (κ3) is 5.61. The fourth-order valence-corrected chi connectivity index (χ4v) is 1.52. The van der Waals surface area contributed by atoms with E-state index < -0.39 is 23.5 Å². The van der Waals surface area contributed by atoms with E-state index in [2.05, 4.69) is 4.74 Å². The third-order valence-corrected chi connectivity index (χ3v) is 2.18. The van der Waals surface area contributed by atoms with Gasteiger partial charge in [0.25, 0.3) is 0 Å². The summed E-state index contributed by atoms with van der Waals surface area (Å²) in [5.41, 5.74) is -1.22. The molecule has 0 radical (unpaired) electrons. The molecule has 0 aromatic carbocycles. The minimum absolute atomic E-state index is 0.00669. The molecule has 0 aliphatic rings. The lowest BCUT2D eigenvalue weighted by molar-refractivity contribution is -0.229. The highest BCUT2D eigenvalue weighted by Crippen LogP contribution is 2.37. The Balaban J connectivity index is 5.49. The first-order valence-electron chi connectivity index (χ1n) is 5.95. The summed E-state index contributed by atoms with van der Waals surface area (Å²) in [5.74, 6) is -3.12. The first kappa shape index (κ1) is 17.9. The summed E-state index contributed by atoms with van der Waals surface area (Å²) in [4.78, 5) is 11.2. The van der Waals surface area contributed by atoms with Gasteiger partial charge in [0.05, 0.1) is 12.2 Å². The van der Waals surface area contributed by atoms with E-state index in [-0.39, 0.29) is 19.8 Å². The van der Waals surface area contributed by atoms with Crippen LogP contribution in [0.5, 0.6) is 0 Å². The Kier molecular flexibility index (Phi) is 7.07. The lowest BCUT2D eigenvalue weighted by Crippen LogP contribution is -2.41. The average molecular weight is 284 g/mol. The van der Waals surface area contributed by atoms with Crippen molar-refractivity contribution >= 4 is 5.97 Å². The van der Waals surface area contributed by atoms with E-state index in [0.717, 1.165) is 6.92 Å². The second-order valence-corrected chi connectivity index (χ2v) is 3.62. The Bertz CT molecular complexity index is 317. The van der Waals surface area contributed by atoms with E-state index in [1.807, 2.05) is 0 Å². The van der Waals surface area contributed by atoms with Crippen LogP contribution in [-0.2, 0) is 19.0 Å². The fraction of sp³-hybridized carbons (Fsp3) is 0.750. The molecule has 0 atom stereocenters. The molecule has 0 saturated carbocycles. The molecule has 0 aromatic heterocycles. The molecule has 0 N–H and O–H groups in total. The smallest absolute Gasteiger partial charge is 0.418 e. The fourth-order valence-electron chi connectivity index (χ4n) is 1.52. The molecular formula is C12H19F3O4. The van der Waals surface area contributed by atoms with Crippen molar-refractivity contribution in [3.63, 3.8) is 0 Å². The van der Waals surface area contributed by atoms with Crippen molar-refractivity contribution in [2.45, 2.75) is 39.7 Å². The van der Waals surface area contributed by atoms with Crippen LogP contribution in [0, 0.1) is 0 Å². The lowest BCUT2D eigenvalue weighted by atomic mass is 10.1. The Morgan fingerprint density at radius 1 is 1.05 bits per heavy atom. The SMILES string of the molecule is CCOC(=O)C=C(C(F)(F)F)C(C)(OCC)OCC. The van der Waals surface area contributed by atoms with Crippen LogP contribution in [0.2, 0.25) is 0 Å². The number of hydrogen-bond donors (Lipinski definition) is 0. The number of carbonyl (C=O) groups is 1. The maximum atomic E-state index is 13.0. The van der Waals surface area contributed by atoms with Gasteiger partial charge in [-0.05, 0) is 27.7 Å². The van der Waals surface area contributed by atoms with Crippen LogP contribution in [0.4, 0.5) is 13.2 Å². The van der Waals surface area contributed by atoms with Crippen LogP contribution in [-0.4, -0.2) is 37.8 Å². The molecule has 0 bridgehead atoms. The molecule has 19 heavy (non-hydrogen) atoms. The second-order valence-electron chi connectivity index (χ2n) is 3.62. The first-order valence-corrected chi connectivity index (χ1v) is 5.95. The molecule has 0 unspecified atom stereocenters. The summed E-state index contributed by atoms with van der Waals surface area (Å²) in [5, 5.41) is 0. The molecule has 0 rings (SSSR count). The van der Waals surface area contributed by atoms with Gasteiger partial charge in [0, 0.05) is 19.3 Å². The Morgan fingerprint density at radius 2 is 1.53 bits per heavy atom. The van der Waals surface area contributed by atoms with Crippen LogP contribution in [0.15, 0.2) is 11.6 Å². The predicted molar refractivity (Wildman–Crippen MR) is 62.4 cm³/mol. The van der Waals surface area contributed by atoms with Crippen LogP contribution in [0.1, 0.15) is 27.7 Å². The normalized spacial score (nSPS) is 13.5. The Hall–Kier alpha value is -1.08. The largest absolute Gasteiger partial charge is 0.463 e. The van der Waals surface area contributed by atoms with Crippen LogP contribution in [0.3, 0.4) is 0 Å². The average Bonchev–Trinajstić information content (AvgIpc) is 2.25. The van der Waals surface area contributed by atoms with E-state index in [1.165, 1.54) is 20.8 Å². The van der Waals surface area contributed by atoms with Crippen LogP contribution < -0.4 is 0 Å². The molecule has 0 aliphatic heterocycles. The standard InChI is InChI=1S/C12H19F3O4/c1-5-17-10(16)8-9(12(13,14)15)11(4,18-6-2)19-7-3/h8H,5-7H2,1-4H3. The van der Waals surface area contributed by atoms with E-state index in [4.69, 9.17) is 9.47 Å². The van der Waals surface area contributed by atoms with Crippen molar-refractivity contribution < 1.29 is 32.2 Å². The molecule has 112 valence electrons. The van der Waals surface area contributed by atoms with Gasteiger partial charge < -0.3 is 14.2 Å². The molecule has 0 fully saturated rings. The van der Waals surface area contributed by atoms with Gasteiger partial charge in [0.2, 0.25) is 0 Å². The number of carbonyl (C=O) groups excluding carboxylic acids is 1. The van der Waals surface area contributed by atoms with Crippen LogP contribution >= 0.6 is 0 Å². The summed E-state index contributed by atoms with van der Waals surface area (Å²) in [6.07, 6.45) is -4.39. The highest BCUT2D eigenvalue weighted by atomic mass is 19.4. The monoisotopic (exact) mass is 284 g/mol. The van der Waals surface area contributed by atoms with E-state index in [1.54, 1.807) is 0 Å². The van der Waals surface area contributed by atoms with Crippen molar-refractivity contribution in [3.05, 3.63) is 11.6 Å². The highest BCUT2D eigenvalue weighted by molar-refractivity contribution is 5.83. The Morgan fingerprint density at radius 3 is 1.84 bits per heavy atom. The molecule has 0 saturated heterocycles. The zero-order valence-corrected chi connectivity index (χ0v) is 11.5. The molecule has 0 amide bonds. The Labute approximate surface area is 110 Å². The van der Waals surface area contributed by atoms with Crippen molar-refractivity contribution in [1.29, 1.82) is 0 Å². The second kappa shape index (κ2) is 7.49. The number of hydrogen-bond acceptors (Lipinski definition) is 4. The van der Waals surface area contributed by atoms with Crippen molar-refractivity contribution in [2.75, 3.05) is 19.8 Å². The van der Waals surface area contributed by atoms with Gasteiger partial charge in [0.1, 0.15) is 0 Å². The van der Waals surface area contributed by atoms with Gasteiger partial charge in [-0.1, -0.05) is 0 Å². The number of ether oxygens (including phenoxy) is 3. The minimum Gasteiger partial charge on any atom is -0.463 e. The summed E-state index contributed by atoms with van der Waals surface area (Å²) in [6, 6.07) is 0. The van der Waals surface area contributed by atoms with E-state index in [9.17, 15) is 18.0 Å². The quantitative estimate of drug-likeness (QED) is 0.410. The molecule has 4 nitrogen and oxygen atoms in total. The topological polar surface area (TPSA) is 44.8 Å². The summed E-state index contributed by atoms with van der Waals surface area (Å²) in [7, 11) is 0. The van der Waals surface area contributed by atoms with Gasteiger partial charge >= 0.3 is 12.1 Å². The van der Waals surface area contributed by atoms with Crippen molar-refractivity contribution in [2.24, 2.45) is 0 Å². The predicted octanol–water partition coefficient (Wildman–Crippen LogP) is 2.83. The number of halogens is 3. The molecule has 0 spiro atoms. The van der Waals surface area contributed by atoms with Crippen molar-refractivity contribution in [1.82, 2.24) is 0 Å². The summed E-state index contributed by atoms with van der Waals surface area (Å²) >= 11 is 0. The number of esters is 1. The first-order chi connectivity index (χ1) is 8.71. The molecule has 0 aliphatic carbocycles. The summed E-state index contributed by atoms with van der Waals surface area (Å²) in [6.45, 7) is 5.70. The zero-order valence-electron chi connectivity index (χ0n) is 11.5. The maximum Gasteiger partial charge on any atom is 0.418 e. The number of rotatable bonds is 7. The van der Waals surface area contributed by atoms with Gasteiger partial charge in [-0.15, -0.1) is 0 Å². The molecule has 7 heteroatoms. The van der Waals surface area contributed by atoms with Gasteiger partial charge in [0.15, 0.2) is 5.79 Å². The van der Waals surface area contributed by atoms with Gasteiger partial charge in [-0.2, -0.15) is 13.2 Å². The lowest BCUT2D eigenvalue weighted by Gasteiger charge is -2.32. The van der Waals surface area contributed by atoms with E-state index in [0.29, 0.717) is 6.08 Å². The van der Waals surface area contributed by atoms with Crippen molar-refractivity contribution in [3.8, 4) is 0 Å². The van der Waals surface area contributed by atoms with Crippen LogP contribution in [0.25, 0.3) is 0 Å². The summed E-state index contributed by atoms with van der Waals surface area (Å²) < 4.78 is 53.6. The molecule has 0 aromatic rings. The minimum atomic E-state index is -4.76. The number of alkyl halides is 3. The maximum absolute atomic E-state index is 13.0. The highest BCUT2D eigenvalue weighted by Gasteiger charge is 2.48. The zero-order chi connectivity index (χ0) is 15.1.